The SMILES string of the molecule is [CH2]CCC(C)(CCCC(C)(COC)C1CC1)OCC1CC1. The molecule has 0 saturated heterocycles. The van der Waals surface area contributed by atoms with Crippen LogP contribution in [0, 0.1) is 24.2 Å². The smallest absolute Gasteiger partial charge is 0.0654 e. The molecule has 2 fully saturated rings. The van der Waals surface area contributed by atoms with Gasteiger partial charge >= 0.3 is 0 Å². The largest absolute Gasteiger partial charge is 0.384 e. The maximum atomic E-state index is 6.27. The van der Waals surface area contributed by atoms with Crippen LogP contribution < -0.4 is 0 Å². The molecule has 2 saturated carbocycles. The normalized spacial score (nSPS) is 24.6. The zero-order valence-corrected chi connectivity index (χ0v) is 14.5. The van der Waals surface area contributed by atoms with E-state index in [9.17, 15) is 0 Å². The standard InChI is InChI=1S/C19H35O2/c1-5-11-19(3,21-14-16-7-8-16)13-6-12-18(2,15-20-4)17-9-10-17/h16-17H,1,5-15H2,2-4H3. The van der Waals surface area contributed by atoms with Gasteiger partial charge in [-0.05, 0) is 75.5 Å². The summed E-state index contributed by atoms with van der Waals surface area (Å²) in [7, 11) is 1.84. The molecule has 0 N–H and O–H groups in total. The molecule has 0 aliphatic heterocycles. The second-order valence-electron chi connectivity index (χ2n) is 8.02. The van der Waals surface area contributed by atoms with E-state index in [1.165, 1.54) is 44.9 Å². The second kappa shape index (κ2) is 7.46. The van der Waals surface area contributed by atoms with Gasteiger partial charge in [0.1, 0.15) is 0 Å². The average molecular weight is 295 g/mol. The van der Waals surface area contributed by atoms with Crippen molar-refractivity contribution in [1.82, 2.24) is 0 Å². The minimum atomic E-state index is 0.0435. The Morgan fingerprint density at radius 3 is 2.29 bits per heavy atom. The maximum absolute atomic E-state index is 6.27. The van der Waals surface area contributed by atoms with Crippen LogP contribution in [0.15, 0.2) is 0 Å². The molecule has 2 aliphatic carbocycles. The third-order valence-corrected chi connectivity index (χ3v) is 5.56. The maximum Gasteiger partial charge on any atom is 0.0654 e. The van der Waals surface area contributed by atoms with Gasteiger partial charge in [-0.15, -0.1) is 0 Å². The molecule has 0 aromatic heterocycles. The summed E-state index contributed by atoms with van der Waals surface area (Å²) in [6.45, 7) is 10.6. The predicted octanol–water partition coefficient (Wildman–Crippen LogP) is 5.02. The summed E-state index contributed by atoms with van der Waals surface area (Å²) in [5.74, 6) is 1.74. The van der Waals surface area contributed by atoms with Gasteiger partial charge in [0.05, 0.1) is 18.8 Å². The molecule has 1 radical (unpaired) electrons. The Labute approximate surface area is 132 Å². The topological polar surface area (TPSA) is 18.5 Å². The molecule has 2 unspecified atom stereocenters. The van der Waals surface area contributed by atoms with Crippen LogP contribution in [0.2, 0.25) is 0 Å². The van der Waals surface area contributed by atoms with Crippen molar-refractivity contribution in [2.75, 3.05) is 20.3 Å². The number of hydrogen-bond acceptors (Lipinski definition) is 2. The minimum Gasteiger partial charge on any atom is -0.384 e. The van der Waals surface area contributed by atoms with E-state index in [2.05, 4.69) is 20.8 Å². The Morgan fingerprint density at radius 1 is 1.05 bits per heavy atom. The van der Waals surface area contributed by atoms with Crippen LogP contribution in [0.3, 0.4) is 0 Å². The van der Waals surface area contributed by atoms with Gasteiger partial charge in [-0.3, -0.25) is 0 Å². The van der Waals surface area contributed by atoms with E-state index < -0.39 is 0 Å². The van der Waals surface area contributed by atoms with Gasteiger partial charge in [0.2, 0.25) is 0 Å². The first-order chi connectivity index (χ1) is 10.0. The molecule has 0 amide bonds. The van der Waals surface area contributed by atoms with E-state index >= 15 is 0 Å². The van der Waals surface area contributed by atoms with Crippen molar-refractivity contribution >= 4 is 0 Å². The summed E-state index contributed by atoms with van der Waals surface area (Å²) in [6.07, 6.45) is 11.3. The van der Waals surface area contributed by atoms with Gasteiger partial charge in [-0.1, -0.05) is 20.3 Å². The fourth-order valence-corrected chi connectivity index (χ4v) is 3.62. The van der Waals surface area contributed by atoms with Crippen molar-refractivity contribution in [2.24, 2.45) is 17.3 Å². The number of methoxy groups -OCH3 is 1. The highest BCUT2D eigenvalue weighted by Crippen LogP contribution is 2.49. The van der Waals surface area contributed by atoms with Gasteiger partial charge in [0, 0.05) is 7.11 Å². The molecular formula is C19H35O2. The quantitative estimate of drug-likeness (QED) is 0.503. The van der Waals surface area contributed by atoms with Crippen molar-refractivity contribution < 1.29 is 9.47 Å². The van der Waals surface area contributed by atoms with Crippen molar-refractivity contribution in [3.63, 3.8) is 0 Å². The van der Waals surface area contributed by atoms with Crippen LogP contribution in [0.4, 0.5) is 0 Å². The fraction of sp³-hybridized carbons (Fsp3) is 0.947. The van der Waals surface area contributed by atoms with E-state index in [0.29, 0.717) is 5.41 Å². The summed E-state index contributed by atoms with van der Waals surface area (Å²) in [6, 6.07) is 0. The molecule has 0 aromatic rings. The summed E-state index contributed by atoms with van der Waals surface area (Å²) >= 11 is 0. The lowest BCUT2D eigenvalue weighted by atomic mass is 9.79. The van der Waals surface area contributed by atoms with Gasteiger partial charge in [0.25, 0.3) is 0 Å². The Hall–Kier alpha value is -0.0800. The lowest BCUT2D eigenvalue weighted by molar-refractivity contribution is -0.0524. The monoisotopic (exact) mass is 295 g/mol. The molecule has 2 aliphatic rings. The third-order valence-electron chi connectivity index (χ3n) is 5.56. The Morgan fingerprint density at radius 2 is 1.76 bits per heavy atom. The first-order valence-electron chi connectivity index (χ1n) is 8.93. The van der Waals surface area contributed by atoms with Gasteiger partial charge < -0.3 is 9.47 Å². The van der Waals surface area contributed by atoms with Crippen molar-refractivity contribution in [2.45, 2.75) is 77.2 Å². The second-order valence-corrected chi connectivity index (χ2v) is 8.02. The molecule has 2 nitrogen and oxygen atoms in total. The predicted molar refractivity (Wildman–Crippen MR) is 88.2 cm³/mol. The van der Waals surface area contributed by atoms with Crippen LogP contribution in [-0.4, -0.2) is 25.9 Å². The summed E-state index contributed by atoms with van der Waals surface area (Å²) in [5.41, 5.74) is 0.429. The van der Waals surface area contributed by atoms with Crippen molar-refractivity contribution in [3.05, 3.63) is 6.92 Å². The van der Waals surface area contributed by atoms with Crippen LogP contribution in [-0.2, 0) is 9.47 Å². The van der Waals surface area contributed by atoms with E-state index in [1.54, 1.807) is 0 Å². The van der Waals surface area contributed by atoms with Crippen molar-refractivity contribution in [1.29, 1.82) is 0 Å². The molecule has 0 bridgehead atoms. The van der Waals surface area contributed by atoms with E-state index in [0.717, 1.165) is 37.9 Å². The highest BCUT2D eigenvalue weighted by Gasteiger charge is 2.41. The minimum absolute atomic E-state index is 0.0435. The Balaban J connectivity index is 1.76. The molecule has 21 heavy (non-hydrogen) atoms. The van der Waals surface area contributed by atoms with Gasteiger partial charge in [0.15, 0.2) is 0 Å². The number of ether oxygens (including phenoxy) is 2. The van der Waals surface area contributed by atoms with Crippen LogP contribution in [0.25, 0.3) is 0 Å². The van der Waals surface area contributed by atoms with Crippen LogP contribution in [0.1, 0.15) is 71.6 Å². The molecule has 2 atom stereocenters. The van der Waals surface area contributed by atoms with Gasteiger partial charge in [-0.2, -0.15) is 0 Å². The van der Waals surface area contributed by atoms with E-state index in [1.807, 2.05) is 7.11 Å². The molecular weight excluding hydrogens is 260 g/mol. The molecule has 0 spiro atoms. The molecule has 123 valence electrons. The first-order valence-corrected chi connectivity index (χ1v) is 8.93. The van der Waals surface area contributed by atoms with E-state index in [4.69, 9.17) is 9.47 Å². The average Bonchev–Trinajstić information content (AvgIpc) is 3.30. The lowest BCUT2D eigenvalue weighted by Crippen LogP contribution is -2.31. The molecule has 0 aromatic carbocycles. The summed E-state index contributed by atoms with van der Waals surface area (Å²) in [4.78, 5) is 0. The van der Waals surface area contributed by atoms with Crippen LogP contribution >= 0.6 is 0 Å². The fourth-order valence-electron chi connectivity index (χ4n) is 3.62. The van der Waals surface area contributed by atoms with E-state index in [-0.39, 0.29) is 5.60 Å². The molecule has 2 heteroatoms. The third kappa shape index (κ3) is 5.56. The first kappa shape index (κ1) is 17.3. The highest BCUT2D eigenvalue weighted by molar-refractivity contribution is 4.91. The van der Waals surface area contributed by atoms with Crippen LogP contribution in [0.5, 0.6) is 0 Å². The van der Waals surface area contributed by atoms with Crippen molar-refractivity contribution in [3.8, 4) is 0 Å². The summed E-state index contributed by atoms with van der Waals surface area (Å²) in [5, 5.41) is 0. The van der Waals surface area contributed by atoms with Gasteiger partial charge in [-0.25, -0.2) is 0 Å². The molecule has 2 rings (SSSR count). The highest BCUT2D eigenvalue weighted by atomic mass is 16.5. The zero-order valence-electron chi connectivity index (χ0n) is 14.5. The Kier molecular flexibility index (Phi) is 6.14. The zero-order chi connectivity index (χ0) is 15.3. The Bertz CT molecular complexity index is 309. The lowest BCUT2D eigenvalue weighted by Gasteiger charge is -2.33. The summed E-state index contributed by atoms with van der Waals surface area (Å²) < 4.78 is 11.8. The number of rotatable bonds is 12. The number of hydrogen-bond donors (Lipinski definition) is 0. The molecule has 0 heterocycles.